The van der Waals surface area contributed by atoms with Gasteiger partial charge in [-0.3, -0.25) is 19.3 Å². The number of aromatic amines is 1. The van der Waals surface area contributed by atoms with Crippen LogP contribution in [0, 0.1) is 4.77 Å². The molecule has 0 saturated heterocycles. The van der Waals surface area contributed by atoms with Gasteiger partial charge in [0.2, 0.25) is 5.88 Å². The summed E-state index contributed by atoms with van der Waals surface area (Å²) in [6.07, 6.45) is 1.32. The van der Waals surface area contributed by atoms with Gasteiger partial charge in [0.25, 0.3) is 5.56 Å². The van der Waals surface area contributed by atoms with Crippen molar-refractivity contribution in [2.45, 2.75) is 20.4 Å². The number of nitrogens with zero attached hydrogens (tertiary/aromatic N) is 2. The predicted molar refractivity (Wildman–Crippen MR) is 88.1 cm³/mol. The molecule has 0 aliphatic carbocycles. The fourth-order valence-corrected chi connectivity index (χ4v) is 2.23. The van der Waals surface area contributed by atoms with Gasteiger partial charge in [0.15, 0.2) is 4.77 Å². The Balaban J connectivity index is 2.34. The van der Waals surface area contributed by atoms with Crippen LogP contribution in [0.2, 0.25) is 0 Å². The van der Waals surface area contributed by atoms with Crippen molar-refractivity contribution in [3.63, 3.8) is 0 Å². The quantitative estimate of drug-likeness (QED) is 0.656. The summed E-state index contributed by atoms with van der Waals surface area (Å²) in [6, 6.07) is 7.11. The number of ether oxygens (including phenoxy) is 1. The maximum atomic E-state index is 11.9. The molecule has 1 heterocycles. The van der Waals surface area contributed by atoms with Crippen LogP contribution in [-0.2, 0) is 6.54 Å². The van der Waals surface area contributed by atoms with Crippen LogP contribution in [0.1, 0.15) is 19.4 Å². The smallest absolute Gasteiger partial charge is 0.264 e. The first-order valence-electron chi connectivity index (χ1n) is 6.89. The summed E-state index contributed by atoms with van der Waals surface area (Å²) in [5, 5.41) is 10.1. The molecule has 0 amide bonds. The minimum absolute atomic E-state index is 0.0735. The van der Waals surface area contributed by atoms with Crippen molar-refractivity contribution in [3.8, 4) is 11.6 Å². The van der Waals surface area contributed by atoms with Gasteiger partial charge in [0.05, 0.1) is 12.3 Å². The summed E-state index contributed by atoms with van der Waals surface area (Å²) >= 11 is 4.99. The monoisotopic (exact) mass is 319 g/mol. The van der Waals surface area contributed by atoms with Crippen LogP contribution < -0.4 is 10.3 Å². The number of aromatic hydroxyl groups is 1. The number of aromatic nitrogens is 2. The van der Waals surface area contributed by atoms with Crippen LogP contribution in [0.3, 0.4) is 0 Å². The molecule has 1 aromatic heterocycles. The molecule has 0 radical (unpaired) electrons. The molecule has 2 aromatic rings. The van der Waals surface area contributed by atoms with E-state index in [1.165, 1.54) is 10.8 Å². The Labute approximate surface area is 132 Å². The zero-order valence-electron chi connectivity index (χ0n) is 12.4. The number of rotatable bonds is 5. The van der Waals surface area contributed by atoms with Crippen LogP contribution in [0.15, 0.2) is 34.1 Å². The third kappa shape index (κ3) is 3.43. The Morgan fingerprint density at radius 2 is 2.05 bits per heavy atom. The van der Waals surface area contributed by atoms with Crippen molar-refractivity contribution in [1.29, 1.82) is 0 Å². The highest BCUT2D eigenvalue weighted by molar-refractivity contribution is 7.71. The molecule has 22 heavy (non-hydrogen) atoms. The van der Waals surface area contributed by atoms with Gasteiger partial charge in [-0.25, -0.2) is 0 Å². The lowest BCUT2D eigenvalue weighted by Crippen LogP contribution is -2.18. The van der Waals surface area contributed by atoms with E-state index >= 15 is 0 Å². The fraction of sp³-hybridized carbons (Fsp3) is 0.267. The largest absolute Gasteiger partial charge is 0.494 e. The van der Waals surface area contributed by atoms with E-state index < -0.39 is 5.56 Å². The van der Waals surface area contributed by atoms with Crippen LogP contribution in [0.5, 0.6) is 11.6 Å². The Bertz CT molecular complexity index is 791. The number of H-pyrrole nitrogens is 1. The minimum atomic E-state index is -0.470. The van der Waals surface area contributed by atoms with Crippen molar-refractivity contribution >= 4 is 24.1 Å². The Morgan fingerprint density at radius 1 is 1.36 bits per heavy atom. The second-order valence-corrected chi connectivity index (χ2v) is 4.81. The van der Waals surface area contributed by atoms with Crippen molar-refractivity contribution in [3.05, 3.63) is 45.0 Å². The van der Waals surface area contributed by atoms with E-state index in [1.807, 2.05) is 13.8 Å². The van der Waals surface area contributed by atoms with E-state index in [-0.39, 0.29) is 16.2 Å². The molecule has 0 saturated carbocycles. The number of hydrogen-bond donors (Lipinski definition) is 2. The molecule has 116 valence electrons. The van der Waals surface area contributed by atoms with E-state index in [1.54, 1.807) is 24.3 Å². The molecule has 7 heteroatoms. The Kier molecular flexibility index (Phi) is 5.11. The van der Waals surface area contributed by atoms with Gasteiger partial charge in [-0.2, -0.15) is 0 Å². The maximum Gasteiger partial charge on any atom is 0.264 e. The van der Waals surface area contributed by atoms with Gasteiger partial charge in [-0.1, -0.05) is 0 Å². The van der Waals surface area contributed by atoms with E-state index in [4.69, 9.17) is 17.0 Å². The number of benzene rings is 1. The maximum absolute atomic E-state index is 11.9. The molecule has 0 spiro atoms. The highest BCUT2D eigenvalue weighted by Crippen LogP contribution is 2.19. The second kappa shape index (κ2) is 7.04. The molecule has 0 unspecified atom stereocenters. The fourth-order valence-electron chi connectivity index (χ4n) is 1.92. The molecule has 2 rings (SSSR count). The standard InChI is InChI=1S/C15H17N3O3S/c1-3-18-14(20)12(13(19)17-15(18)22)9-16-10-5-7-11(8-6-10)21-4-2/h5-9,20H,3-4H2,1-2H3,(H,17,19,22). The lowest BCUT2D eigenvalue weighted by Gasteiger charge is -2.07. The van der Waals surface area contributed by atoms with Crippen molar-refractivity contribution in [1.82, 2.24) is 9.55 Å². The average molecular weight is 319 g/mol. The first kappa shape index (κ1) is 16.0. The first-order valence-corrected chi connectivity index (χ1v) is 7.30. The van der Waals surface area contributed by atoms with Crippen LogP contribution in [0.25, 0.3) is 0 Å². The Morgan fingerprint density at radius 3 is 2.64 bits per heavy atom. The SMILES string of the molecule is CCOc1ccc(N=Cc2c(O)n(CC)c(=S)[nH]c2=O)cc1. The van der Waals surface area contributed by atoms with Gasteiger partial charge < -0.3 is 9.84 Å². The van der Waals surface area contributed by atoms with Crippen molar-refractivity contribution in [2.24, 2.45) is 4.99 Å². The zero-order valence-corrected chi connectivity index (χ0v) is 13.2. The third-order valence-corrected chi connectivity index (χ3v) is 3.34. The molecule has 0 fully saturated rings. The van der Waals surface area contributed by atoms with Gasteiger partial charge in [0.1, 0.15) is 11.3 Å². The normalized spacial score (nSPS) is 11.0. The summed E-state index contributed by atoms with van der Waals surface area (Å²) in [7, 11) is 0. The summed E-state index contributed by atoms with van der Waals surface area (Å²) in [5.74, 6) is 0.562. The Hall–Kier alpha value is -2.41. The van der Waals surface area contributed by atoms with Gasteiger partial charge in [-0.15, -0.1) is 0 Å². The van der Waals surface area contributed by atoms with Crippen LogP contribution in [-0.4, -0.2) is 27.5 Å². The highest BCUT2D eigenvalue weighted by Gasteiger charge is 2.09. The van der Waals surface area contributed by atoms with E-state index in [9.17, 15) is 9.90 Å². The lowest BCUT2D eigenvalue weighted by atomic mass is 10.3. The number of hydrogen-bond acceptors (Lipinski definition) is 5. The van der Waals surface area contributed by atoms with E-state index in [0.29, 0.717) is 18.8 Å². The molecule has 0 aliphatic rings. The zero-order chi connectivity index (χ0) is 16.1. The summed E-state index contributed by atoms with van der Waals surface area (Å²) in [6.45, 7) is 4.77. The third-order valence-electron chi connectivity index (χ3n) is 3.01. The summed E-state index contributed by atoms with van der Waals surface area (Å²) in [5.41, 5.74) is 0.249. The molecule has 0 bridgehead atoms. The molecular weight excluding hydrogens is 302 g/mol. The van der Waals surface area contributed by atoms with Crippen LogP contribution in [0.4, 0.5) is 5.69 Å². The summed E-state index contributed by atoms with van der Waals surface area (Å²) in [4.78, 5) is 18.6. The second-order valence-electron chi connectivity index (χ2n) is 4.43. The van der Waals surface area contributed by atoms with Crippen molar-refractivity contribution in [2.75, 3.05) is 6.61 Å². The number of nitrogens with one attached hydrogen (secondary N) is 1. The molecule has 0 aliphatic heterocycles. The minimum Gasteiger partial charge on any atom is -0.494 e. The molecular formula is C15H17N3O3S. The first-order chi connectivity index (χ1) is 10.6. The molecule has 1 aromatic carbocycles. The summed E-state index contributed by atoms with van der Waals surface area (Å²) < 4.78 is 6.95. The van der Waals surface area contributed by atoms with E-state index in [0.717, 1.165) is 5.75 Å². The highest BCUT2D eigenvalue weighted by atomic mass is 32.1. The lowest BCUT2D eigenvalue weighted by molar-refractivity contribution is 0.340. The van der Waals surface area contributed by atoms with Crippen molar-refractivity contribution < 1.29 is 9.84 Å². The predicted octanol–water partition coefficient (Wildman–Crippen LogP) is 2.78. The van der Waals surface area contributed by atoms with Gasteiger partial charge in [-0.05, 0) is 50.3 Å². The number of aliphatic imine (C=N–C) groups is 1. The van der Waals surface area contributed by atoms with Gasteiger partial charge in [0, 0.05) is 12.8 Å². The molecule has 6 nitrogen and oxygen atoms in total. The molecule has 0 atom stereocenters. The average Bonchev–Trinajstić information content (AvgIpc) is 2.49. The molecule has 2 N–H and O–H groups in total. The van der Waals surface area contributed by atoms with Gasteiger partial charge >= 0.3 is 0 Å². The van der Waals surface area contributed by atoms with E-state index in [2.05, 4.69) is 9.98 Å². The topological polar surface area (TPSA) is 79.6 Å². The van der Waals surface area contributed by atoms with Crippen LogP contribution >= 0.6 is 12.2 Å².